The van der Waals surface area contributed by atoms with Crippen molar-refractivity contribution < 1.29 is 4.74 Å². The van der Waals surface area contributed by atoms with E-state index in [-0.39, 0.29) is 24.0 Å². The van der Waals surface area contributed by atoms with Crippen LogP contribution in [0, 0.1) is 0 Å². The fourth-order valence-corrected chi connectivity index (χ4v) is 2.24. The number of methoxy groups -OCH3 is 1. The molecule has 0 radical (unpaired) electrons. The molecule has 0 atom stereocenters. The van der Waals surface area contributed by atoms with E-state index in [1.54, 1.807) is 7.11 Å². The van der Waals surface area contributed by atoms with E-state index in [2.05, 4.69) is 34.4 Å². The molecule has 0 saturated carbocycles. The van der Waals surface area contributed by atoms with E-state index in [1.807, 2.05) is 42.5 Å². The summed E-state index contributed by atoms with van der Waals surface area (Å²) in [6.45, 7) is 1.60. The van der Waals surface area contributed by atoms with Crippen LogP contribution in [0.5, 0.6) is 5.75 Å². The Morgan fingerprint density at radius 3 is 2.50 bits per heavy atom. The number of para-hydroxylation sites is 3. The summed E-state index contributed by atoms with van der Waals surface area (Å²) in [5, 5.41) is 3.07. The molecule has 2 aromatic rings. The highest BCUT2D eigenvalue weighted by molar-refractivity contribution is 14.0. The normalized spacial score (nSPS) is 10.7. The molecule has 0 amide bonds. The van der Waals surface area contributed by atoms with Gasteiger partial charge in [0.15, 0.2) is 5.96 Å². The molecule has 0 aliphatic carbocycles. The van der Waals surface area contributed by atoms with Crippen LogP contribution in [-0.2, 0) is 0 Å². The van der Waals surface area contributed by atoms with Gasteiger partial charge in [-0.15, -0.1) is 24.0 Å². The van der Waals surface area contributed by atoms with Crippen molar-refractivity contribution in [2.24, 2.45) is 10.7 Å². The lowest BCUT2D eigenvalue weighted by Gasteiger charge is -2.18. The second-order valence-electron chi connectivity index (χ2n) is 5.20. The van der Waals surface area contributed by atoms with E-state index in [0.29, 0.717) is 12.5 Å². The van der Waals surface area contributed by atoms with Gasteiger partial charge >= 0.3 is 0 Å². The zero-order chi connectivity index (χ0) is 16.5. The second-order valence-corrected chi connectivity index (χ2v) is 5.20. The number of ether oxygens (including phenoxy) is 1. The lowest BCUT2D eigenvalue weighted by molar-refractivity contribution is 0.417. The third kappa shape index (κ3) is 6.27. The van der Waals surface area contributed by atoms with Crippen molar-refractivity contribution in [3.05, 3.63) is 54.6 Å². The Hall–Kier alpha value is -1.96. The minimum atomic E-state index is 0. The van der Waals surface area contributed by atoms with E-state index in [4.69, 9.17) is 10.5 Å². The molecule has 0 bridgehead atoms. The summed E-state index contributed by atoms with van der Waals surface area (Å²) in [6.07, 6.45) is 0.930. The van der Waals surface area contributed by atoms with E-state index < -0.39 is 0 Å². The maximum absolute atomic E-state index is 5.93. The molecule has 6 heteroatoms. The predicted molar refractivity (Wildman–Crippen MR) is 113 cm³/mol. The SMILES string of the molecule is COc1ccccc1NC(N)=NCCCN(C)c1ccccc1.I. The predicted octanol–water partition coefficient (Wildman–Crippen LogP) is 3.57. The highest BCUT2D eigenvalue weighted by Gasteiger charge is 2.02. The minimum Gasteiger partial charge on any atom is -0.495 e. The van der Waals surface area contributed by atoms with Gasteiger partial charge in [-0.25, -0.2) is 0 Å². The molecule has 0 saturated heterocycles. The number of rotatable bonds is 7. The van der Waals surface area contributed by atoms with Gasteiger partial charge < -0.3 is 20.7 Å². The molecule has 0 heterocycles. The van der Waals surface area contributed by atoms with Gasteiger partial charge in [0.05, 0.1) is 12.8 Å². The first-order valence-corrected chi connectivity index (χ1v) is 7.67. The molecule has 0 aromatic heterocycles. The van der Waals surface area contributed by atoms with E-state index >= 15 is 0 Å². The lowest BCUT2D eigenvalue weighted by atomic mass is 10.3. The minimum absolute atomic E-state index is 0. The molecule has 0 aliphatic rings. The number of nitrogens with one attached hydrogen (secondary N) is 1. The quantitative estimate of drug-likeness (QED) is 0.299. The smallest absolute Gasteiger partial charge is 0.193 e. The molecule has 130 valence electrons. The van der Waals surface area contributed by atoms with Crippen LogP contribution >= 0.6 is 24.0 Å². The van der Waals surface area contributed by atoms with Gasteiger partial charge in [0.1, 0.15) is 5.75 Å². The van der Waals surface area contributed by atoms with Gasteiger partial charge in [0.2, 0.25) is 0 Å². The summed E-state index contributed by atoms with van der Waals surface area (Å²) >= 11 is 0. The van der Waals surface area contributed by atoms with Gasteiger partial charge in [-0.3, -0.25) is 4.99 Å². The van der Waals surface area contributed by atoms with Crippen molar-refractivity contribution in [2.45, 2.75) is 6.42 Å². The monoisotopic (exact) mass is 440 g/mol. The highest BCUT2D eigenvalue weighted by atomic mass is 127. The fourth-order valence-electron chi connectivity index (χ4n) is 2.24. The van der Waals surface area contributed by atoms with Crippen molar-refractivity contribution in [3.63, 3.8) is 0 Å². The fraction of sp³-hybridized carbons (Fsp3) is 0.278. The standard InChI is InChI=1S/C18H24N4O.HI/c1-22(15-9-4-3-5-10-15)14-8-13-20-18(19)21-16-11-6-7-12-17(16)23-2;/h3-7,9-12H,8,13-14H2,1-2H3,(H3,19,20,21);1H. The Labute approximate surface area is 160 Å². The Morgan fingerprint density at radius 2 is 1.79 bits per heavy atom. The van der Waals surface area contributed by atoms with Crippen LogP contribution in [0.1, 0.15) is 6.42 Å². The zero-order valence-corrected chi connectivity index (χ0v) is 16.4. The molecule has 0 unspecified atom stereocenters. The average Bonchev–Trinajstić information content (AvgIpc) is 2.59. The third-order valence-corrected chi connectivity index (χ3v) is 3.50. The van der Waals surface area contributed by atoms with E-state index in [1.165, 1.54) is 5.69 Å². The Balaban J connectivity index is 0.00000288. The van der Waals surface area contributed by atoms with Crippen LogP contribution in [0.2, 0.25) is 0 Å². The molecule has 24 heavy (non-hydrogen) atoms. The molecule has 2 aromatic carbocycles. The van der Waals surface area contributed by atoms with E-state index in [9.17, 15) is 0 Å². The van der Waals surface area contributed by atoms with Crippen LogP contribution in [0.25, 0.3) is 0 Å². The number of halogens is 1. The summed E-state index contributed by atoms with van der Waals surface area (Å²) in [7, 11) is 3.71. The van der Waals surface area contributed by atoms with Crippen LogP contribution in [0.4, 0.5) is 11.4 Å². The first-order valence-electron chi connectivity index (χ1n) is 7.67. The van der Waals surface area contributed by atoms with E-state index in [0.717, 1.165) is 24.4 Å². The van der Waals surface area contributed by atoms with Crippen molar-refractivity contribution in [1.29, 1.82) is 0 Å². The average molecular weight is 440 g/mol. The summed E-state index contributed by atoms with van der Waals surface area (Å²) in [5.74, 6) is 1.14. The molecule has 0 fully saturated rings. The summed E-state index contributed by atoms with van der Waals surface area (Å²) in [5.41, 5.74) is 7.95. The number of benzene rings is 2. The number of aliphatic imine (C=N–C) groups is 1. The number of nitrogens with two attached hydrogens (primary N) is 1. The van der Waals surface area contributed by atoms with Crippen molar-refractivity contribution in [3.8, 4) is 5.75 Å². The van der Waals surface area contributed by atoms with Crippen molar-refractivity contribution in [2.75, 3.05) is 37.5 Å². The summed E-state index contributed by atoms with van der Waals surface area (Å²) < 4.78 is 5.27. The number of nitrogens with zero attached hydrogens (tertiary/aromatic N) is 2. The van der Waals surface area contributed by atoms with Crippen LogP contribution in [0.15, 0.2) is 59.6 Å². The van der Waals surface area contributed by atoms with Gasteiger partial charge in [-0.2, -0.15) is 0 Å². The van der Waals surface area contributed by atoms with Crippen molar-refractivity contribution >= 4 is 41.3 Å². The maximum atomic E-state index is 5.93. The molecular formula is C18H25IN4O. The topological polar surface area (TPSA) is 62.9 Å². The number of anilines is 2. The van der Waals surface area contributed by atoms with Crippen LogP contribution < -0.4 is 20.7 Å². The van der Waals surface area contributed by atoms with Crippen molar-refractivity contribution in [1.82, 2.24) is 0 Å². The molecule has 0 aliphatic heterocycles. The molecule has 2 rings (SSSR count). The molecule has 0 spiro atoms. The summed E-state index contributed by atoms with van der Waals surface area (Å²) in [6, 6.07) is 17.9. The zero-order valence-electron chi connectivity index (χ0n) is 14.1. The van der Waals surface area contributed by atoms with Crippen LogP contribution in [-0.4, -0.2) is 33.2 Å². The maximum Gasteiger partial charge on any atom is 0.193 e. The summed E-state index contributed by atoms with van der Waals surface area (Å²) in [4.78, 5) is 6.57. The first kappa shape index (κ1) is 20.1. The van der Waals surface area contributed by atoms with Gasteiger partial charge in [-0.05, 0) is 30.7 Å². The Kier molecular flexibility index (Phi) is 8.99. The molecule has 3 N–H and O–H groups in total. The Bertz CT molecular complexity index is 634. The number of guanidine groups is 1. The van der Waals surface area contributed by atoms with Gasteiger partial charge in [-0.1, -0.05) is 30.3 Å². The molecular weight excluding hydrogens is 415 g/mol. The second kappa shape index (κ2) is 10.7. The third-order valence-electron chi connectivity index (χ3n) is 3.50. The number of hydrogen-bond acceptors (Lipinski definition) is 3. The largest absolute Gasteiger partial charge is 0.495 e. The lowest BCUT2D eigenvalue weighted by Crippen LogP contribution is -2.24. The Morgan fingerprint density at radius 1 is 1.12 bits per heavy atom. The number of hydrogen-bond donors (Lipinski definition) is 2. The highest BCUT2D eigenvalue weighted by Crippen LogP contribution is 2.22. The van der Waals surface area contributed by atoms with Gasteiger partial charge in [0.25, 0.3) is 0 Å². The first-order chi connectivity index (χ1) is 11.2. The van der Waals surface area contributed by atoms with Gasteiger partial charge in [0, 0.05) is 25.8 Å². The molecule has 5 nitrogen and oxygen atoms in total. The van der Waals surface area contributed by atoms with Crippen LogP contribution in [0.3, 0.4) is 0 Å².